The molecule has 2 saturated heterocycles. The minimum Gasteiger partial charge on any atom is -0.446 e. The summed E-state index contributed by atoms with van der Waals surface area (Å²) < 4.78 is 32.8. The van der Waals surface area contributed by atoms with Crippen molar-refractivity contribution in [1.29, 1.82) is 5.26 Å². The van der Waals surface area contributed by atoms with E-state index in [1.54, 1.807) is 6.07 Å². The topological polar surface area (TPSA) is 76.9 Å². The zero-order valence-electron chi connectivity index (χ0n) is 19.3. The first-order valence-corrected chi connectivity index (χ1v) is 12.3. The van der Waals surface area contributed by atoms with E-state index in [0.717, 1.165) is 52.9 Å². The molecule has 0 radical (unpaired) electrons. The summed E-state index contributed by atoms with van der Waals surface area (Å²) in [7, 11) is 0. The summed E-state index contributed by atoms with van der Waals surface area (Å²) >= 11 is 12.2. The van der Waals surface area contributed by atoms with Gasteiger partial charge in [-0.1, -0.05) is 23.7 Å². The van der Waals surface area contributed by atoms with Gasteiger partial charge >= 0.3 is 12.1 Å². The summed E-state index contributed by atoms with van der Waals surface area (Å²) in [6.45, 7) is 2.39. The van der Waals surface area contributed by atoms with E-state index in [9.17, 15) is 23.6 Å². The first-order valence-electron chi connectivity index (χ1n) is 11.6. The van der Waals surface area contributed by atoms with Gasteiger partial charge in [-0.25, -0.2) is 27.7 Å². The Morgan fingerprint density at radius 1 is 1.17 bits per heavy atom. The Balaban J connectivity index is 1.27. The molecule has 190 valence electrons. The van der Waals surface area contributed by atoms with Crippen LogP contribution in [-0.4, -0.2) is 59.1 Å². The van der Waals surface area contributed by atoms with Crippen molar-refractivity contribution in [2.45, 2.75) is 31.2 Å². The van der Waals surface area contributed by atoms with Crippen LogP contribution in [0.4, 0.5) is 18.4 Å². The third-order valence-electron chi connectivity index (χ3n) is 6.61. The molecule has 0 aliphatic carbocycles. The van der Waals surface area contributed by atoms with E-state index in [4.69, 9.17) is 28.1 Å². The second-order valence-electron chi connectivity index (χ2n) is 8.82. The number of piperidine rings is 1. The molecule has 11 heteroatoms. The molecule has 0 aromatic heterocycles. The van der Waals surface area contributed by atoms with Crippen molar-refractivity contribution in [3.05, 3.63) is 69.7 Å². The number of carbonyl (C=O) groups is 2. The highest BCUT2D eigenvalue weighted by Crippen LogP contribution is 2.32. The highest BCUT2D eigenvalue weighted by Gasteiger charge is 2.41. The fraction of sp³-hybridized carbons (Fsp3) is 0.400. The van der Waals surface area contributed by atoms with Crippen molar-refractivity contribution in [1.82, 2.24) is 14.2 Å². The Labute approximate surface area is 217 Å². The minimum absolute atomic E-state index is 0.170. The molecule has 0 bridgehead atoms. The van der Waals surface area contributed by atoms with Gasteiger partial charge in [0.15, 0.2) is 11.6 Å². The van der Waals surface area contributed by atoms with E-state index in [2.05, 4.69) is 11.0 Å². The number of likely N-dealkylation sites (tertiary alicyclic amines) is 1. The van der Waals surface area contributed by atoms with Gasteiger partial charge in [-0.2, -0.15) is 5.26 Å². The number of halogens is 4. The molecule has 2 aromatic carbocycles. The Kier molecular flexibility index (Phi) is 8.29. The van der Waals surface area contributed by atoms with Crippen LogP contribution in [0.5, 0.6) is 0 Å². The lowest BCUT2D eigenvalue weighted by molar-refractivity contribution is 0.151. The molecule has 0 spiro atoms. The molecule has 2 aromatic rings. The molecule has 4 rings (SSSR count). The van der Waals surface area contributed by atoms with Gasteiger partial charge < -0.3 is 9.64 Å². The highest BCUT2D eigenvalue weighted by molar-refractivity contribution is 6.30. The molecule has 3 amide bonds. The Hall–Kier alpha value is -2.93. The van der Waals surface area contributed by atoms with Gasteiger partial charge in [0.25, 0.3) is 0 Å². The number of hydrogen-bond donors (Lipinski definition) is 0. The number of nitriles is 1. The number of benzene rings is 2. The summed E-state index contributed by atoms with van der Waals surface area (Å²) in [6.07, 6.45) is 1.48. The summed E-state index contributed by atoms with van der Waals surface area (Å²) in [5.74, 6) is -1.82. The van der Waals surface area contributed by atoms with Gasteiger partial charge in [-0.3, -0.25) is 0 Å². The third kappa shape index (κ3) is 5.72. The average molecular weight is 537 g/mol. The van der Waals surface area contributed by atoms with E-state index in [1.807, 2.05) is 12.1 Å². The predicted molar refractivity (Wildman–Crippen MR) is 129 cm³/mol. The van der Waals surface area contributed by atoms with Gasteiger partial charge in [0.05, 0.1) is 11.6 Å². The Bertz CT molecular complexity index is 1180. The zero-order valence-corrected chi connectivity index (χ0v) is 20.8. The zero-order chi connectivity index (χ0) is 25.8. The van der Waals surface area contributed by atoms with Crippen LogP contribution < -0.4 is 0 Å². The summed E-state index contributed by atoms with van der Waals surface area (Å²) in [4.78, 5) is 28.1. The maximum absolute atomic E-state index is 13.7. The second kappa shape index (κ2) is 11.4. The second-order valence-corrected chi connectivity index (χ2v) is 9.66. The lowest BCUT2D eigenvalue weighted by Crippen LogP contribution is -2.42. The molecule has 2 aliphatic rings. The van der Waals surface area contributed by atoms with Crippen LogP contribution in [0.2, 0.25) is 5.02 Å². The molecule has 7 nitrogen and oxygen atoms in total. The van der Waals surface area contributed by atoms with E-state index in [1.165, 1.54) is 6.07 Å². The Morgan fingerprint density at radius 2 is 1.92 bits per heavy atom. The van der Waals surface area contributed by atoms with Gasteiger partial charge in [0.1, 0.15) is 12.6 Å². The third-order valence-corrected chi connectivity index (χ3v) is 7.16. The Morgan fingerprint density at radius 3 is 2.61 bits per heavy atom. The predicted octanol–water partition coefficient (Wildman–Crippen LogP) is 5.83. The summed E-state index contributed by atoms with van der Waals surface area (Å²) in [5, 5.41) is 9.96. The van der Waals surface area contributed by atoms with E-state index >= 15 is 0 Å². The number of imide groups is 1. The summed E-state index contributed by atoms with van der Waals surface area (Å²) in [6, 6.07) is 9.16. The molecule has 1 unspecified atom stereocenters. The molecule has 2 aliphatic heterocycles. The molecule has 1 atom stereocenters. The van der Waals surface area contributed by atoms with Crippen LogP contribution in [-0.2, 0) is 4.74 Å². The van der Waals surface area contributed by atoms with Gasteiger partial charge in [-0.05, 0) is 80.2 Å². The lowest BCUT2D eigenvalue weighted by Gasteiger charge is -2.33. The molecule has 2 heterocycles. The van der Waals surface area contributed by atoms with Gasteiger partial charge in [-0.15, -0.1) is 0 Å². The number of carbonyl (C=O) groups excluding carboxylic acids is 2. The number of cyclic esters (lactones) is 1. The van der Waals surface area contributed by atoms with Crippen LogP contribution in [0.15, 0.2) is 36.4 Å². The van der Waals surface area contributed by atoms with Crippen LogP contribution in [0, 0.1) is 23.0 Å². The number of nitrogens with zero attached hydrogens (tertiary/aromatic N) is 4. The maximum Gasteiger partial charge on any atom is 0.418 e. The van der Waals surface area contributed by atoms with Crippen molar-refractivity contribution < 1.29 is 23.1 Å². The standard InChI is InChI=1S/C25H24Cl2F2N4O3/c26-19-3-4-20(18(12-19)14-30)16-6-10-31(11-7-16)8-1-9-32(27)24(34)33-23(15-36-25(33)35)17-2-5-21(28)22(29)13-17/h2-5,12-13,16,23H,1,6-11,15H2. The normalized spacial score (nSPS) is 18.7. The van der Waals surface area contributed by atoms with Crippen molar-refractivity contribution in [3.8, 4) is 6.07 Å². The number of hydrogen-bond acceptors (Lipinski definition) is 5. The highest BCUT2D eigenvalue weighted by atomic mass is 35.5. The van der Waals surface area contributed by atoms with Crippen LogP contribution in [0.1, 0.15) is 47.9 Å². The number of amides is 3. The number of ether oxygens (including phenoxy) is 1. The van der Waals surface area contributed by atoms with Crippen LogP contribution in [0.3, 0.4) is 0 Å². The monoisotopic (exact) mass is 536 g/mol. The molecule has 36 heavy (non-hydrogen) atoms. The minimum atomic E-state index is -1.08. The van der Waals surface area contributed by atoms with Crippen LogP contribution in [0.25, 0.3) is 0 Å². The first-order chi connectivity index (χ1) is 17.3. The molecule has 0 saturated carbocycles. The van der Waals surface area contributed by atoms with Crippen molar-refractivity contribution >= 4 is 35.5 Å². The van der Waals surface area contributed by atoms with Crippen LogP contribution >= 0.6 is 23.4 Å². The number of rotatable bonds is 6. The largest absolute Gasteiger partial charge is 0.446 e. The summed E-state index contributed by atoms with van der Waals surface area (Å²) in [5.41, 5.74) is 1.87. The molecule has 0 N–H and O–H groups in total. The molecular formula is C25H24Cl2F2N4O3. The van der Waals surface area contributed by atoms with E-state index in [-0.39, 0.29) is 24.6 Å². The quantitative estimate of drug-likeness (QED) is 0.434. The van der Waals surface area contributed by atoms with Gasteiger partial charge in [0.2, 0.25) is 0 Å². The van der Waals surface area contributed by atoms with Crippen molar-refractivity contribution in [3.63, 3.8) is 0 Å². The van der Waals surface area contributed by atoms with Gasteiger partial charge in [0, 0.05) is 23.3 Å². The smallest absolute Gasteiger partial charge is 0.418 e. The number of urea groups is 1. The molecule has 2 fully saturated rings. The van der Waals surface area contributed by atoms with E-state index in [0.29, 0.717) is 23.6 Å². The maximum atomic E-state index is 13.7. The fourth-order valence-corrected chi connectivity index (χ4v) is 5.07. The average Bonchev–Trinajstić information content (AvgIpc) is 3.26. The molecular weight excluding hydrogens is 513 g/mol. The van der Waals surface area contributed by atoms with Crippen molar-refractivity contribution in [2.24, 2.45) is 0 Å². The lowest BCUT2D eigenvalue weighted by atomic mass is 9.87. The fourth-order valence-electron chi connectivity index (χ4n) is 4.69. The van der Waals surface area contributed by atoms with Crippen molar-refractivity contribution in [2.75, 3.05) is 32.8 Å². The van der Waals surface area contributed by atoms with E-state index < -0.39 is 29.8 Å². The first kappa shape index (κ1) is 26.1. The SMILES string of the molecule is N#Cc1cc(Cl)ccc1C1CCN(CCCN(Cl)C(=O)N2C(=O)OCC2c2ccc(F)c(F)c2)CC1.